The first-order valence-electron chi connectivity index (χ1n) is 11.3. The number of aromatic amines is 1. The van der Waals surface area contributed by atoms with Gasteiger partial charge in [-0.2, -0.15) is 0 Å². The lowest BCUT2D eigenvalue weighted by Gasteiger charge is -2.12. The maximum absolute atomic E-state index is 12.0. The van der Waals surface area contributed by atoms with Crippen LogP contribution >= 0.6 is 0 Å². The molecule has 2 heterocycles. The molecule has 0 amide bonds. The van der Waals surface area contributed by atoms with Crippen LogP contribution < -0.4 is 5.32 Å². The van der Waals surface area contributed by atoms with Crippen LogP contribution in [0.25, 0.3) is 10.9 Å². The zero-order valence-corrected chi connectivity index (χ0v) is 18.6. The van der Waals surface area contributed by atoms with Gasteiger partial charge in [-0.25, -0.2) is 4.79 Å². The highest BCUT2D eigenvalue weighted by Gasteiger charge is 2.24. The van der Waals surface area contributed by atoms with Crippen molar-refractivity contribution < 1.29 is 14.6 Å². The van der Waals surface area contributed by atoms with Gasteiger partial charge < -0.3 is 20.1 Å². The molecule has 0 saturated carbocycles. The monoisotopic (exact) mass is 441 g/mol. The van der Waals surface area contributed by atoms with Crippen molar-refractivity contribution in [2.75, 3.05) is 12.4 Å². The molecule has 0 aliphatic heterocycles. The average molecular weight is 442 g/mol. The number of benzene rings is 2. The maximum Gasteiger partial charge on any atom is 0.339 e. The van der Waals surface area contributed by atoms with E-state index in [-0.39, 0.29) is 5.97 Å². The van der Waals surface area contributed by atoms with E-state index < -0.39 is 6.10 Å². The Morgan fingerprint density at radius 2 is 2.03 bits per heavy atom. The van der Waals surface area contributed by atoms with Crippen LogP contribution in [0, 0.1) is 0 Å². The predicted octanol–water partition coefficient (Wildman–Crippen LogP) is 5.25. The molecule has 1 aliphatic carbocycles. The van der Waals surface area contributed by atoms with E-state index in [0.717, 1.165) is 65.6 Å². The van der Waals surface area contributed by atoms with Crippen molar-refractivity contribution in [3.63, 3.8) is 0 Å². The summed E-state index contributed by atoms with van der Waals surface area (Å²) in [7, 11) is 1.40. The Bertz CT molecular complexity index is 1290. The van der Waals surface area contributed by atoms with Gasteiger partial charge in [0.2, 0.25) is 0 Å². The van der Waals surface area contributed by atoms with E-state index in [1.165, 1.54) is 18.2 Å². The molecule has 0 spiro atoms. The maximum atomic E-state index is 12.0. The fourth-order valence-electron chi connectivity index (χ4n) is 4.69. The van der Waals surface area contributed by atoms with Crippen molar-refractivity contribution >= 4 is 28.2 Å². The van der Waals surface area contributed by atoms with Crippen molar-refractivity contribution in [2.45, 2.75) is 38.2 Å². The number of anilines is 2. The van der Waals surface area contributed by atoms with Crippen LogP contribution in [0.5, 0.6) is 0 Å². The van der Waals surface area contributed by atoms with E-state index in [2.05, 4.69) is 39.6 Å². The molecular formula is C27H27N3O3. The van der Waals surface area contributed by atoms with E-state index in [1.807, 2.05) is 24.4 Å². The molecule has 1 unspecified atom stereocenters. The first kappa shape index (κ1) is 21.2. The number of carbonyl (C=O) groups excluding carboxylic acids is 1. The van der Waals surface area contributed by atoms with Gasteiger partial charge in [-0.3, -0.25) is 4.98 Å². The van der Waals surface area contributed by atoms with Gasteiger partial charge in [-0.05, 0) is 73.1 Å². The third kappa shape index (κ3) is 4.22. The Morgan fingerprint density at radius 1 is 1.18 bits per heavy atom. The predicted molar refractivity (Wildman–Crippen MR) is 129 cm³/mol. The van der Waals surface area contributed by atoms with Crippen molar-refractivity contribution in [1.29, 1.82) is 0 Å². The number of hydrogen-bond acceptors (Lipinski definition) is 5. The van der Waals surface area contributed by atoms with Crippen LogP contribution in [-0.4, -0.2) is 28.2 Å². The number of para-hydroxylation sites is 1. The highest BCUT2D eigenvalue weighted by molar-refractivity contribution is 6.03. The van der Waals surface area contributed by atoms with Crippen LogP contribution in [0.3, 0.4) is 0 Å². The normalized spacial score (nSPS) is 14.9. The molecule has 0 fully saturated rings. The van der Waals surface area contributed by atoms with Gasteiger partial charge >= 0.3 is 5.97 Å². The molecule has 2 aromatic carbocycles. The fraction of sp³-hybridized carbons (Fsp3) is 0.259. The topological polar surface area (TPSA) is 87.2 Å². The van der Waals surface area contributed by atoms with E-state index in [9.17, 15) is 9.90 Å². The molecule has 0 bridgehead atoms. The van der Waals surface area contributed by atoms with Crippen LogP contribution in [0.1, 0.15) is 51.7 Å². The largest absolute Gasteiger partial charge is 0.465 e. The zero-order valence-electron chi connectivity index (χ0n) is 18.6. The highest BCUT2D eigenvalue weighted by atomic mass is 16.5. The molecule has 4 aromatic rings. The van der Waals surface area contributed by atoms with Crippen LogP contribution in [0.2, 0.25) is 0 Å². The van der Waals surface area contributed by atoms with Crippen LogP contribution in [-0.2, 0) is 24.0 Å². The number of nitrogens with zero attached hydrogens (tertiary/aromatic N) is 1. The third-order valence-corrected chi connectivity index (χ3v) is 6.42. The Hall–Kier alpha value is -3.64. The highest BCUT2D eigenvalue weighted by Crippen LogP contribution is 2.35. The summed E-state index contributed by atoms with van der Waals surface area (Å²) in [5.41, 5.74) is 7.86. The first-order valence-corrected chi connectivity index (χ1v) is 11.3. The molecule has 3 N–H and O–H groups in total. The summed E-state index contributed by atoms with van der Waals surface area (Å²) >= 11 is 0. The number of carbonyl (C=O) groups is 1. The number of aliphatic hydroxyl groups excluding tert-OH is 1. The Morgan fingerprint density at radius 3 is 2.85 bits per heavy atom. The minimum absolute atomic E-state index is 0.324. The first-order chi connectivity index (χ1) is 16.1. The minimum Gasteiger partial charge on any atom is -0.465 e. The number of H-pyrrole nitrogens is 1. The molecule has 0 radical (unpaired) electrons. The number of nitrogens with one attached hydrogen (secondary N) is 2. The van der Waals surface area contributed by atoms with Gasteiger partial charge in [-0.15, -0.1) is 0 Å². The van der Waals surface area contributed by atoms with Gasteiger partial charge in [0.25, 0.3) is 0 Å². The lowest BCUT2D eigenvalue weighted by Crippen LogP contribution is -2.01. The number of hydrogen-bond donors (Lipinski definition) is 3. The van der Waals surface area contributed by atoms with Crippen molar-refractivity contribution in [3.05, 3.63) is 88.9 Å². The minimum atomic E-state index is -0.451. The molecule has 0 saturated heterocycles. The lowest BCUT2D eigenvalue weighted by molar-refractivity contribution is 0.0603. The Labute approximate surface area is 192 Å². The van der Waals surface area contributed by atoms with Gasteiger partial charge in [0.05, 0.1) is 30.0 Å². The molecule has 1 atom stereocenters. The van der Waals surface area contributed by atoms with E-state index in [0.29, 0.717) is 5.56 Å². The summed E-state index contributed by atoms with van der Waals surface area (Å²) in [6.07, 6.45) is 7.79. The summed E-state index contributed by atoms with van der Waals surface area (Å²) in [4.78, 5) is 19.6. The number of aryl methyl sites for hydroxylation is 2. The summed E-state index contributed by atoms with van der Waals surface area (Å²) < 4.78 is 4.89. The molecule has 168 valence electrons. The number of fused-ring (bicyclic) bond motifs is 2. The van der Waals surface area contributed by atoms with Crippen molar-refractivity contribution in [3.8, 4) is 0 Å². The summed E-state index contributed by atoms with van der Waals surface area (Å²) in [5.74, 6) is -0.324. The second-order valence-electron chi connectivity index (χ2n) is 8.49. The smallest absolute Gasteiger partial charge is 0.339 e. The van der Waals surface area contributed by atoms with Crippen LogP contribution in [0.4, 0.5) is 11.4 Å². The number of rotatable bonds is 7. The molecule has 6 nitrogen and oxygen atoms in total. The molecule has 5 rings (SSSR count). The van der Waals surface area contributed by atoms with Gasteiger partial charge in [0, 0.05) is 29.2 Å². The Balaban J connectivity index is 1.21. The SMILES string of the molecule is COC(=O)c1cccc2c(CCCc3ccc(Nc4ccnc5c4CCC5O)cc3)c[nH]c12. The number of esters is 1. The summed E-state index contributed by atoms with van der Waals surface area (Å²) in [6.45, 7) is 0. The van der Waals surface area contributed by atoms with Crippen LogP contribution in [0.15, 0.2) is 60.9 Å². The second-order valence-corrected chi connectivity index (χ2v) is 8.49. The number of aliphatic hydroxyl groups is 1. The number of pyridine rings is 1. The zero-order chi connectivity index (χ0) is 22.8. The number of ether oxygens (including phenoxy) is 1. The van der Waals surface area contributed by atoms with E-state index in [4.69, 9.17) is 4.74 Å². The summed E-state index contributed by atoms with van der Waals surface area (Å²) in [6, 6.07) is 16.2. The molecule has 6 heteroatoms. The average Bonchev–Trinajstić information content (AvgIpc) is 3.44. The standard InChI is InChI=1S/C27H27N3O3/c1-33-27(32)22-7-3-6-20-18(16-29-25(20)22)5-2-4-17-8-10-19(11-9-17)30-23-14-15-28-26-21(23)12-13-24(26)31/h3,6-11,14-16,24,29,31H,2,4-5,12-13H2,1H3,(H,28,30). The fourth-order valence-corrected chi connectivity index (χ4v) is 4.69. The molecule has 2 aromatic heterocycles. The number of aromatic nitrogens is 2. The molecular weight excluding hydrogens is 414 g/mol. The quantitative estimate of drug-likeness (QED) is 0.341. The lowest BCUT2D eigenvalue weighted by atomic mass is 10.0. The number of methoxy groups -OCH3 is 1. The third-order valence-electron chi connectivity index (χ3n) is 6.42. The van der Waals surface area contributed by atoms with Gasteiger partial charge in [-0.1, -0.05) is 24.3 Å². The van der Waals surface area contributed by atoms with Crippen molar-refractivity contribution in [2.24, 2.45) is 0 Å². The van der Waals surface area contributed by atoms with Gasteiger partial charge in [0.15, 0.2) is 0 Å². The Kier molecular flexibility index (Phi) is 5.84. The molecule has 33 heavy (non-hydrogen) atoms. The molecule has 1 aliphatic rings. The van der Waals surface area contributed by atoms with E-state index in [1.54, 1.807) is 12.3 Å². The second kappa shape index (κ2) is 9.08. The van der Waals surface area contributed by atoms with E-state index >= 15 is 0 Å². The van der Waals surface area contributed by atoms with Gasteiger partial charge in [0.1, 0.15) is 0 Å². The van der Waals surface area contributed by atoms with Crippen molar-refractivity contribution in [1.82, 2.24) is 9.97 Å². The summed E-state index contributed by atoms with van der Waals surface area (Å²) in [5, 5.41) is 14.6.